The van der Waals surface area contributed by atoms with Gasteiger partial charge in [-0.25, -0.2) is 15.2 Å². The molecule has 8 heteroatoms. The summed E-state index contributed by atoms with van der Waals surface area (Å²) in [6, 6.07) is 18.1. The largest absolute Gasteiger partial charge is 0.462 e. The zero-order chi connectivity index (χ0) is 21.6. The first kappa shape index (κ1) is 20.1. The number of fused-ring (bicyclic) bond motifs is 1. The number of carbonyl (C=O) groups is 2. The number of aromatic nitrogens is 2. The van der Waals surface area contributed by atoms with Crippen molar-refractivity contribution in [2.75, 3.05) is 6.61 Å². The molecule has 2 aromatic carbocycles. The van der Waals surface area contributed by atoms with Gasteiger partial charge in [0.25, 0.3) is 5.91 Å². The highest BCUT2D eigenvalue weighted by Crippen LogP contribution is 2.22. The van der Waals surface area contributed by atoms with Crippen LogP contribution in [0.2, 0.25) is 0 Å². The van der Waals surface area contributed by atoms with E-state index in [-0.39, 0.29) is 18.4 Å². The van der Waals surface area contributed by atoms with Crippen molar-refractivity contribution in [3.05, 3.63) is 78.3 Å². The van der Waals surface area contributed by atoms with Crippen LogP contribution in [-0.4, -0.2) is 34.2 Å². The maximum Gasteiger partial charge on any atom is 0.338 e. The fourth-order valence-electron chi connectivity index (χ4n) is 3.06. The van der Waals surface area contributed by atoms with Crippen LogP contribution in [0.3, 0.4) is 0 Å². The summed E-state index contributed by atoms with van der Waals surface area (Å²) in [5.41, 5.74) is 5.49. The Morgan fingerprint density at radius 3 is 2.74 bits per heavy atom. The van der Waals surface area contributed by atoms with E-state index in [4.69, 9.17) is 9.15 Å². The van der Waals surface area contributed by atoms with Gasteiger partial charge < -0.3 is 13.7 Å². The summed E-state index contributed by atoms with van der Waals surface area (Å²) in [6.07, 6.45) is 3.06. The summed E-state index contributed by atoms with van der Waals surface area (Å²) in [5.74, 6) is 0.465. The average molecular weight is 416 g/mol. The molecule has 4 rings (SSSR count). The van der Waals surface area contributed by atoms with E-state index in [1.807, 2.05) is 24.3 Å². The van der Waals surface area contributed by atoms with E-state index in [0.717, 1.165) is 16.6 Å². The van der Waals surface area contributed by atoms with Crippen molar-refractivity contribution < 1.29 is 18.7 Å². The lowest BCUT2D eigenvalue weighted by atomic mass is 10.1. The summed E-state index contributed by atoms with van der Waals surface area (Å²) >= 11 is 0. The topological polar surface area (TPSA) is 98.7 Å². The van der Waals surface area contributed by atoms with Gasteiger partial charge in [-0.3, -0.25) is 4.79 Å². The van der Waals surface area contributed by atoms with Crippen LogP contribution < -0.4 is 5.43 Å². The van der Waals surface area contributed by atoms with E-state index in [1.165, 1.54) is 6.21 Å². The molecule has 0 atom stereocenters. The molecule has 0 radical (unpaired) electrons. The standard InChI is InChI=1S/C23H20N4O4/c1-2-30-23(29)17-9-7-16(8-10-17)21-12-11-18(31-21)13-25-26-22(28)14-27-15-24-19-5-3-4-6-20(19)27/h3-13,15H,2,14H2,1H3,(H,26,28)/b25-13-. The van der Waals surface area contributed by atoms with Gasteiger partial charge in [0.1, 0.15) is 18.1 Å². The molecule has 0 aliphatic heterocycles. The summed E-state index contributed by atoms with van der Waals surface area (Å²) in [7, 11) is 0. The molecule has 0 spiro atoms. The van der Waals surface area contributed by atoms with E-state index in [1.54, 1.807) is 54.2 Å². The second kappa shape index (κ2) is 9.08. The Bertz CT molecular complexity index is 1240. The molecule has 0 bridgehead atoms. The van der Waals surface area contributed by atoms with Gasteiger partial charge in [0.05, 0.1) is 35.7 Å². The molecule has 0 saturated heterocycles. The van der Waals surface area contributed by atoms with Gasteiger partial charge in [0, 0.05) is 5.56 Å². The fraction of sp³-hybridized carbons (Fsp3) is 0.130. The number of furan rings is 1. The van der Waals surface area contributed by atoms with Crippen molar-refractivity contribution in [2.24, 2.45) is 5.10 Å². The van der Waals surface area contributed by atoms with Gasteiger partial charge in [-0.15, -0.1) is 0 Å². The highest BCUT2D eigenvalue weighted by molar-refractivity contribution is 5.90. The SMILES string of the molecule is CCOC(=O)c1ccc(-c2ccc(/C=N\NC(=O)Cn3cnc4ccccc43)o2)cc1. The molecule has 156 valence electrons. The number of benzene rings is 2. The first-order valence-corrected chi connectivity index (χ1v) is 9.73. The zero-order valence-corrected chi connectivity index (χ0v) is 16.8. The summed E-state index contributed by atoms with van der Waals surface area (Å²) in [5, 5.41) is 3.95. The Morgan fingerprint density at radius 2 is 1.94 bits per heavy atom. The van der Waals surface area contributed by atoms with Crippen LogP contribution in [0, 0.1) is 0 Å². The van der Waals surface area contributed by atoms with Crippen LogP contribution >= 0.6 is 0 Å². The van der Waals surface area contributed by atoms with Gasteiger partial charge in [0.2, 0.25) is 0 Å². The lowest BCUT2D eigenvalue weighted by Crippen LogP contribution is -2.22. The van der Waals surface area contributed by atoms with Crippen LogP contribution in [-0.2, 0) is 16.1 Å². The van der Waals surface area contributed by atoms with E-state index < -0.39 is 0 Å². The predicted octanol–water partition coefficient (Wildman–Crippen LogP) is 3.62. The zero-order valence-electron chi connectivity index (χ0n) is 16.8. The first-order valence-electron chi connectivity index (χ1n) is 9.73. The molecule has 31 heavy (non-hydrogen) atoms. The summed E-state index contributed by atoms with van der Waals surface area (Å²) < 4.78 is 12.5. The number of esters is 1. The minimum atomic E-state index is -0.360. The molecule has 0 saturated carbocycles. The van der Waals surface area contributed by atoms with Gasteiger partial charge in [-0.05, 0) is 43.3 Å². The van der Waals surface area contributed by atoms with Crippen LogP contribution in [0.25, 0.3) is 22.4 Å². The number of hydrogen-bond acceptors (Lipinski definition) is 6. The molecule has 1 amide bonds. The van der Waals surface area contributed by atoms with Gasteiger partial charge in [-0.1, -0.05) is 24.3 Å². The maximum absolute atomic E-state index is 12.2. The molecule has 0 aliphatic carbocycles. The van der Waals surface area contributed by atoms with Crippen LogP contribution in [0.1, 0.15) is 23.0 Å². The number of amides is 1. The minimum absolute atomic E-state index is 0.105. The number of carbonyl (C=O) groups excluding carboxylic acids is 2. The second-order valence-corrected chi connectivity index (χ2v) is 6.65. The lowest BCUT2D eigenvalue weighted by Gasteiger charge is -2.03. The highest BCUT2D eigenvalue weighted by Gasteiger charge is 2.09. The Balaban J connectivity index is 1.35. The Kier molecular flexibility index (Phi) is 5.89. The van der Waals surface area contributed by atoms with E-state index in [2.05, 4.69) is 15.5 Å². The molecule has 2 heterocycles. The van der Waals surface area contributed by atoms with Crippen LogP contribution in [0.4, 0.5) is 0 Å². The third-order valence-electron chi connectivity index (χ3n) is 4.53. The normalized spacial score (nSPS) is 11.1. The monoisotopic (exact) mass is 416 g/mol. The number of imidazole rings is 1. The van der Waals surface area contributed by atoms with E-state index >= 15 is 0 Å². The second-order valence-electron chi connectivity index (χ2n) is 6.65. The molecule has 4 aromatic rings. The van der Waals surface area contributed by atoms with Crippen molar-refractivity contribution in [3.8, 4) is 11.3 Å². The molecule has 1 N–H and O–H groups in total. The fourth-order valence-corrected chi connectivity index (χ4v) is 3.06. The smallest absolute Gasteiger partial charge is 0.338 e. The molecule has 8 nitrogen and oxygen atoms in total. The molecular weight excluding hydrogens is 396 g/mol. The lowest BCUT2D eigenvalue weighted by molar-refractivity contribution is -0.121. The van der Waals surface area contributed by atoms with Gasteiger partial charge in [-0.2, -0.15) is 5.10 Å². The minimum Gasteiger partial charge on any atom is -0.462 e. The number of hydrogen-bond donors (Lipinski definition) is 1. The van der Waals surface area contributed by atoms with Crippen LogP contribution in [0.5, 0.6) is 0 Å². The first-order chi connectivity index (χ1) is 15.1. The molecular formula is C23H20N4O4. The average Bonchev–Trinajstić information content (AvgIpc) is 3.42. The molecule has 2 aromatic heterocycles. The summed E-state index contributed by atoms with van der Waals surface area (Å²) in [4.78, 5) is 28.2. The maximum atomic E-state index is 12.2. The van der Waals surface area contributed by atoms with Gasteiger partial charge in [0.15, 0.2) is 0 Å². The molecule has 0 fully saturated rings. The third-order valence-corrected chi connectivity index (χ3v) is 4.53. The van der Waals surface area contributed by atoms with Crippen molar-refractivity contribution >= 4 is 29.1 Å². The predicted molar refractivity (Wildman–Crippen MR) is 116 cm³/mol. The Hall–Kier alpha value is -4.20. The summed E-state index contributed by atoms with van der Waals surface area (Å²) in [6.45, 7) is 2.20. The number of para-hydroxylation sites is 2. The highest BCUT2D eigenvalue weighted by atomic mass is 16.5. The van der Waals surface area contributed by atoms with Gasteiger partial charge >= 0.3 is 5.97 Å². The number of nitrogens with one attached hydrogen (secondary N) is 1. The number of nitrogens with zero attached hydrogens (tertiary/aromatic N) is 3. The van der Waals surface area contributed by atoms with Crippen LogP contribution in [0.15, 0.2) is 76.5 Å². The number of ether oxygens (including phenoxy) is 1. The quantitative estimate of drug-likeness (QED) is 0.282. The number of hydrazone groups is 1. The molecule has 0 unspecified atom stereocenters. The van der Waals surface area contributed by atoms with Crippen molar-refractivity contribution in [1.82, 2.24) is 15.0 Å². The third kappa shape index (κ3) is 4.69. The van der Waals surface area contributed by atoms with Crippen molar-refractivity contribution in [3.63, 3.8) is 0 Å². The van der Waals surface area contributed by atoms with Crippen molar-refractivity contribution in [1.29, 1.82) is 0 Å². The van der Waals surface area contributed by atoms with Crippen molar-refractivity contribution in [2.45, 2.75) is 13.5 Å². The van der Waals surface area contributed by atoms with E-state index in [9.17, 15) is 9.59 Å². The Labute approximate surface area is 178 Å². The molecule has 0 aliphatic rings. The Morgan fingerprint density at radius 1 is 1.13 bits per heavy atom. The van der Waals surface area contributed by atoms with E-state index in [0.29, 0.717) is 23.7 Å². The number of rotatable bonds is 7.